The van der Waals surface area contributed by atoms with E-state index in [0.717, 1.165) is 22.9 Å². The number of tetrazole rings is 1. The van der Waals surface area contributed by atoms with E-state index in [1.807, 2.05) is 0 Å². The highest BCUT2D eigenvalue weighted by Crippen LogP contribution is 2.49. The Morgan fingerprint density at radius 2 is 2.10 bits per heavy atom. The number of aromatic nitrogens is 4. The van der Waals surface area contributed by atoms with Crippen LogP contribution in [0.3, 0.4) is 0 Å². The first kappa shape index (κ1) is 19.6. The number of thioether (sulfide) groups is 1. The third-order valence-corrected chi connectivity index (χ3v) is 6.50. The van der Waals surface area contributed by atoms with E-state index in [1.54, 1.807) is 7.05 Å². The molecule has 0 spiro atoms. The Labute approximate surface area is 168 Å². The lowest BCUT2D eigenvalue weighted by atomic mass is 9.80. The second-order valence-electron chi connectivity index (χ2n) is 6.81. The summed E-state index contributed by atoms with van der Waals surface area (Å²) in [4.78, 5) is 39.5. The van der Waals surface area contributed by atoms with Gasteiger partial charge in [-0.15, -0.1) is 5.10 Å². The van der Waals surface area contributed by atoms with Gasteiger partial charge in [0.05, 0.1) is 18.1 Å². The van der Waals surface area contributed by atoms with Gasteiger partial charge < -0.3 is 14.2 Å². The number of β-lactam (4-membered cyclic amide) rings is 1. The largest absolute Gasteiger partial charge is 0.476 e. The molecule has 2 amide bonds. The van der Waals surface area contributed by atoms with Crippen molar-refractivity contribution in [3.05, 3.63) is 11.5 Å². The van der Waals surface area contributed by atoms with E-state index in [1.165, 1.54) is 9.58 Å². The van der Waals surface area contributed by atoms with Gasteiger partial charge in [-0.3, -0.25) is 14.5 Å². The van der Waals surface area contributed by atoms with Crippen molar-refractivity contribution in [2.75, 3.05) is 18.6 Å². The SMILES string of the molecule is Cn1nnnc1SCC(=O)N1CCC2C(OS(C)(=O)=O)=C(C(=O)O)N3C(=O)[C@@H]1[C@@H]23. The number of aryl methyl sites for hydroxylation is 1. The first-order valence-corrected chi connectivity index (χ1v) is 11.2. The zero-order valence-corrected chi connectivity index (χ0v) is 16.9. The van der Waals surface area contributed by atoms with Gasteiger partial charge in [-0.25, -0.2) is 9.48 Å². The summed E-state index contributed by atoms with van der Waals surface area (Å²) in [6, 6.07) is -1.50. The molecule has 29 heavy (non-hydrogen) atoms. The number of nitrogens with zero attached hydrogens (tertiary/aromatic N) is 6. The number of likely N-dealkylation sites (tertiary alicyclic amines) is 1. The van der Waals surface area contributed by atoms with Gasteiger partial charge in [-0.2, -0.15) is 8.42 Å². The van der Waals surface area contributed by atoms with Crippen LogP contribution in [0.1, 0.15) is 6.42 Å². The number of carbonyl (C=O) groups excluding carboxylic acids is 2. The summed E-state index contributed by atoms with van der Waals surface area (Å²) >= 11 is 1.12. The van der Waals surface area contributed by atoms with E-state index in [0.29, 0.717) is 5.16 Å². The molecule has 0 aliphatic carbocycles. The number of aliphatic carboxylic acids is 1. The van der Waals surface area contributed by atoms with E-state index < -0.39 is 45.7 Å². The van der Waals surface area contributed by atoms with Crippen molar-refractivity contribution >= 4 is 39.7 Å². The second-order valence-corrected chi connectivity index (χ2v) is 9.32. The predicted molar refractivity (Wildman–Crippen MR) is 94.4 cm³/mol. The Kier molecular flexibility index (Phi) is 4.53. The molecule has 15 heteroatoms. The molecular weight excluding hydrogens is 428 g/mol. The van der Waals surface area contributed by atoms with Crippen molar-refractivity contribution in [2.45, 2.75) is 23.7 Å². The first-order valence-electron chi connectivity index (χ1n) is 8.44. The number of carboxylic acids is 1. The van der Waals surface area contributed by atoms with Crippen molar-refractivity contribution in [1.29, 1.82) is 0 Å². The van der Waals surface area contributed by atoms with Crippen LogP contribution < -0.4 is 0 Å². The van der Waals surface area contributed by atoms with Gasteiger partial charge in [-0.05, 0) is 16.8 Å². The molecule has 156 valence electrons. The predicted octanol–water partition coefficient (Wildman–Crippen LogP) is -1.98. The van der Waals surface area contributed by atoms with Crippen molar-refractivity contribution < 1.29 is 32.1 Å². The van der Waals surface area contributed by atoms with Gasteiger partial charge in [0.1, 0.15) is 6.04 Å². The van der Waals surface area contributed by atoms with Crippen LogP contribution >= 0.6 is 11.8 Å². The van der Waals surface area contributed by atoms with Crippen molar-refractivity contribution in [3.63, 3.8) is 0 Å². The molecule has 0 aromatic carbocycles. The summed E-state index contributed by atoms with van der Waals surface area (Å²) in [5.74, 6) is -3.17. The summed E-state index contributed by atoms with van der Waals surface area (Å²) in [5, 5.41) is 20.9. The third-order valence-electron chi connectivity index (χ3n) is 5.02. The summed E-state index contributed by atoms with van der Waals surface area (Å²) in [5.41, 5.74) is -0.472. The zero-order valence-electron chi connectivity index (χ0n) is 15.2. The van der Waals surface area contributed by atoms with Crippen molar-refractivity contribution in [1.82, 2.24) is 30.0 Å². The lowest BCUT2D eigenvalue weighted by Gasteiger charge is -2.52. The fraction of sp³-hybridized carbons (Fsp3) is 0.571. The number of carboxylic acid groups (broad SMARTS) is 1. The molecule has 1 aromatic heterocycles. The molecule has 2 fully saturated rings. The number of hydrogen-bond acceptors (Lipinski definition) is 10. The van der Waals surface area contributed by atoms with Gasteiger partial charge in [-0.1, -0.05) is 11.8 Å². The normalized spacial score (nSPS) is 25.7. The summed E-state index contributed by atoms with van der Waals surface area (Å²) in [7, 11) is -2.35. The van der Waals surface area contributed by atoms with Gasteiger partial charge in [0, 0.05) is 19.5 Å². The smallest absolute Gasteiger partial charge is 0.356 e. The molecule has 4 rings (SSSR count). The Morgan fingerprint density at radius 3 is 2.69 bits per heavy atom. The second kappa shape index (κ2) is 6.69. The fourth-order valence-corrected chi connectivity index (χ4v) is 5.21. The van der Waals surface area contributed by atoms with E-state index in [4.69, 9.17) is 4.18 Å². The fourth-order valence-electron chi connectivity index (χ4n) is 3.95. The molecule has 1 unspecified atom stereocenters. The molecule has 1 aromatic rings. The number of carbonyl (C=O) groups is 3. The van der Waals surface area contributed by atoms with E-state index in [-0.39, 0.29) is 30.4 Å². The lowest BCUT2D eigenvalue weighted by Crippen LogP contribution is -2.73. The Hall–Kier alpha value is -2.68. The zero-order chi connectivity index (χ0) is 21.1. The van der Waals surface area contributed by atoms with Crippen LogP contribution in [0, 0.1) is 5.92 Å². The molecule has 3 aliphatic heterocycles. The van der Waals surface area contributed by atoms with E-state index in [9.17, 15) is 27.9 Å². The van der Waals surface area contributed by atoms with Crippen LogP contribution in [0.2, 0.25) is 0 Å². The summed E-state index contributed by atoms with van der Waals surface area (Å²) in [6.45, 7) is 0.172. The molecule has 4 heterocycles. The van der Waals surface area contributed by atoms with Crippen LogP contribution in [0.4, 0.5) is 0 Å². The molecule has 2 saturated heterocycles. The minimum Gasteiger partial charge on any atom is -0.476 e. The quantitative estimate of drug-likeness (QED) is 0.293. The van der Waals surface area contributed by atoms with Gasteiger partial charge in [0.15, 0.2) is 11.5 Å². The minimum atomic E-state index is -3.98. The molecule has 1 N–H and O–H groups in total. The summed E-state index contributed by atoms with van der Waals surface area (Å²) in [6.07, 6.45) is 1.08. The van der Waals surface area contributed by atoms with Gasteiger partial charge >= 0.3 is 16.1 Å². The molecule has 0 radical (unpaired) electrons. The maximum absolute atomic E-state index is 12.7. The topological polar surface area (TPSA) is 165 Å². The number of amides is 2. The molecule has 0 bridgehead atoms. The highest BCUT2D eigenvalue weighted by molar-refractivity contribution is 7.99. The summed E-state index contributed by atoms with van der Waals surface area (Å²) < 4.78 is 29.5. The van der Waals surface area contributed by atoms with Gasteiger partial charge in [0.25, 0.3) is 5.91 Å². The lowest BCUT2D eigenvalue weighted by molar-refractivity contribution is -0.168. The van der Waals surface area contributed by atoms with Crippen molar-refractivity contribution in [2.24, 2.45) is 13.0 Å². The average molecular weight is 444 g/mol. The van der Waals surface area contributed by atoms with Crippen LogP contribution in [0.15, 0.2) is 16.6 Å². The Balaban J connectivity index is 1.54. The molecular formula is C14H16N6O7S2. The molecule has 3 atom stereocenters. The maximum atomic E-state index is 12.7. The monoisotopic (exact) mass is 444 g/mol. The standard InChI is InChI=1S/C14H16N6O7S2/c1-18-14(15-16-17-18)28-5-7(21)19-4-3-6-8-9(19)12(22)20(8)10(13(23)24)11(6)27-29(2,25)26/h6,8-9H,3-5H2,1-2H3,(H,23,24)/t6?,8-,9+/m1/s1. The van der Waals surface area contributed by atoms with E-state index >= 15 is 0 Å². The Bertz CT molecular complexity index is 1050. The average Bonchev–Trinajstić information content (AvgIpc) is 3.17. The van der Waals surface area contributed by atoms with Gasteiger partial charge in [0.2, 0.25) is 11.1 Å². The highest BCUT2D eigenvalue weighted by atomic mass is 32.2. The van der Waals surface area contributed by atoms with Crippen LogP contribution in [0.25, 0.3) is 0 Å². The highest BCUT2D eigenvalue weighted by Gasteiger charge is 2.65. The molecule has 3 aliphatic rings. The van der Waals surface area contributed by atoms with E-state index in [2.05, 4.69) is 15.5 Å². The third kappa shape index (κ3) is 3.13. The first-order chi connectivity index (χ1) is 13.6. The number of piperidine rings is 1. The van der Waals surface area contributed by atoms with Crippen LogP contribution in [-0.4, -0.2) is 92.0 Å². The molecule has 0 saturated carbocycles. The van der Waals surface area contributed by atoms with Crippen LogP contribution in [0.5, 0.6) is 0 Å². The minimum absolute atomic E-state index is 0.00128. The molecule has 13 nitrogen and oxygen atoms in total. The van der Waals surface area contributed by atoms with Crippen molar-refractivity contribution in [3.8, 4) is 0 Å². The maximum Gasteiger partial charge on any atom is 0.356 e. The van der Waals surface area contributed by atoms with Crippen LogP contribution in [-0.2, 0) is 35.7 Å². The number of hydrogen-bond donors (Lipinski definition) is 1. The number of rotatable bonds is 6. The Morgan fingerprint density at radius 1 is 1.38 bits per heavy atom.